The molecule has 0 saturated heterocycles. The van der Waals surface area contributed by atoms with Gasteiger partial charge in [0.2, 0.25) is 0 Å². The molecule has 3 N–H and O–H groups in total. The van der Waals surface area contributed by atoms with Crippen molar-refractivity contribution in [3.8, 4) is 0 Å². The molecule has 0 heterocycles. The number of hydrogen-bond acceptors (Lipinski definition) is 3. The zero-order valence-corrected chi connectivity index (χ0v) is 11.7. The summed E-state index contributed by atoms with van der Waals surface area (Å²) in [6, 6.07) is 2.88. The molecule has 1 rings (SSSR count). The molecule has 0 aromatic heterocycles. The second-order valence-corrected chi connectivity index (χ2v) is 5.08. The van der Waals surface area contributed by atoms with Crippen LogP contribution in [-0.4, -0.2) is 36.1 Å². The number of nitrogens with zero attached hydrogens (tertiary/aromatic N) is 1. The standard InChI is InChI=1S/C14H22N2O2/c1-8-6-9(2)11(10(3)7-8)13(16(4)5)12(15)14(17)18/h6-7,12-13H,15H2,1-5H3,(H,17,18). The molecule has 1 aromatic rings. The van der Waals surface area contributed by atoms with E-state index in [1.165, 1.54) is 5.56 Å². The summed E-state index contributed by atoms with van der Waals surface area (Å²) < 4.78 is 0. The maximum absolute atomic E-state index is 11.2. The molecule has 2 unspecified atom stereocenters. The van der Waals surface area contributed by atoms with Crippen LogP contribution in [0.15, 0.2) is 12.1 Å². The predicted octanol–water partition coefficient (Wildman–Crippen LogP) is 1.63. The largest absolute Gasteiger partial charge is 0.480 e. The van der Waals surface area contributed by atoms with Crippen LogP contribution in [0.25, 0.3) is 0 Å². The Hall–Kier alpha value is -1.39. The maximum Gasteiger partial charge on any atom is 0.322 e. The number of likely N-dealkylation sites (N-methyl/N-ethyl adjacent to an activating group) is 1. The molecule has 18 heavy (non-hydrogen) atoms. The number of aliphatic carboxylic acids is 1. The molecule has 0 aliphatic heterocycles. The minimum Gasteiger partial charge on any atom is -0.480 e. The van der Waals surface area contributed by atoms with Crippen molar-refractivity contribution in [2.24, 2.45) is 5.73 Å². The van der Waals surface area contributed by atoms with Crippen molar-refractivity contribution < 1.29 is 9.90 Å². The molecule has 0 aliphatic carbocycles. The van der Waals surface area contributed by atoms with E-state index in [4.69, 9.17) is 10.8 Å². The van der Waals surface area contributed by atoms with E-state index in [-0.39, 0.29) is 6.04 Å². The van der Waals surface area contributed by atoms with Gasteiger partial charge in [-0.2, -0.15) is 0 Å². The van der Waals surface area contributed by atoms with Gasteiger partial charge in [0.05, 0.1) is 6.04 Å². The number of nitrogens with two attached hydrogens (primary N) is 1. The van der Waals surface area contributed by atoms with Crippen LogP contribution in [0.2, 0.25) is 0 Å². The normalized spacial score (nSPS) is 14.6. The van der Waals surface area contributed by atoms with Crippen molar-refractivity contribution in [1.29, 1.82) is 0 Å². The first-order valence-electron chi connectivity index (χ1n) is 5.98. The van der Waals surface area contributed by atoms with Gasteiger partial charge in [0, 0.05) is 0 Å². The molecule has 4 heteroatoms. The summed E-state index contributed by atoms with van der Waals surface area (Å²) in [5.41, 5.74) is 10.2. The molecule has 0 saturated carbocycles. The van der Waals surface area contributed by atoms with Gasteiger partial charge in [-0.3, -0.25) is 4.79 Å². The number of benzene rings is 1. The van der Waals surface area contributed by atoms with E-state index >= 15 is 0 Å². The van der Waals surface area contributed by atoms with E-state index < -0.39 is 12.0 Å². The fourth-order valence-corrected chi connectivity index (χ4v) is 2.55. The zero-order valence-electron chi connectivity index (χ0n) is 11.7. The molecular weight excluding hydrogens is 228 g/mol. The summed E-state index contributed by atoms with van der Waals surface area (Å²) in [7, 11) is 3.71. The van der Waals surface area contributed by atoms with Crippen molar-refractivity contribution in [2.75, 3.05) is 14.1 Å². The Balaban J connectivity index is 3.35. The highest BCUT2D eigenvalue weighted by atomic mass is 16.4. The number of carboxylic acids is 1. The smallest absolute Gasteiger partial charge is 0.322 e. The van der Waals surface area contributed by atoms with E-state index in [0.29, 0.717) is 0 Å². The Kier molecular flexibility index (Phi) is 4.48. The molecule has 2 atom stereocenters. The third kappa shape index (κ3) is 2.89. The van der Waals surface area contributed by atoms with Crippen molar-refractivity contribution in [3.05, 3.63) is 34.4 Å². The first-order valence-corrected chi connectivity index (χ1v) is 5.98. The molecule has 0 aliphatic rings. The monoisotopic (exact) mass is 250 g/mol. The maximum atomic E-state index is 11.2. The van der Waals surface area contributed by atoms with Gasteiger partial charge >= 0.3 is 5.97 Å². The zero-order chi connectivity index (χ0) is 14.0. The van der Waals surface area contributed by atoms with E-state index in [0.717, 1.165) is 16.7 Å². The topological polar surface area (TPSA) is 66.6 Å². The van der Waals surface area contributed by atoms with Gasteiger partial charge in [-0.25, -0.2) is 0 Å². The second kappa shape index (κ2) is 5.50. The number of carbonyl (C=O) groups is 1. The molecule has 0 bridgehead atoms. The van der Waals surface area contributed by atoms with Crippen LogP contribution in [0.5, 0.6) is 0 Å². The van der Waals surface area contributed by atoms with Gasteiger partial charge in [0.15, 0.2) is 0 Å². The number of rotatable bonds is 4. The third-order valence-electron chi connectivity index (χ3n) is 3.22. The summed E-state index contributed by atoms with van der Waals surface area (Å²) >= 11 is 0. The lowest BCUT2D eigenvalue weighted by Crippen LogP contribution is -2.43. The van der Waals surface area contributed by atoms with Gasteiger partial charge in [-0.1, -0.05) is 17.7 Å². The van der Waals surface area contributed by atoms with Gasteiger partial charge in [0.1, 0.15) is 6.04 Å². The molecule has 1 aromatic carbocycles. The van der Waals surface area contributed by atoms with Gasteiger partial charge in [0.25, 0.3) is 0 Å². The van der Waals surface area contributed by atoms with Crippen LogP contribution in [0, 0.1) is 20.8 Å². The Bertz CT molecular complexity index is 432. The van der Waals surface area contributed by atoms with Crippen molar-refractivity contribution in [2.45, 2.75) is 32.9 Å². The fourth-order valence-electron chi connectivity index (χ4n) is 2.55. The molecule has 0 spiro atoms. The molecule has 0 amide bonds. The summed E-state index contributed by atoms with van der Waals surface area (Å²) in [5.74, 6) is -0.979. The Morgan fingerprint density at radius 2 is 1.67 bits per heavy atom. The van der Waals surface area contributed by atoms with Crippen molar-refractivity contribution in [3.63, 3.8) is 0 Å². The quantitative estimate of drug-likeness (QED) is 0.852. The Morgan fingerprint density at radius 3 is 2.00 bits per heavy atom. The fraction of sp³-hybridized carbons (Fsp3) is 0.500. The highest BCUT2D eigenvalue weighted by Crippen LogP contribution is 2.28. The lowest BCUT2D eigenvalue weighted by molar-refractivity contribution is -0.140. The summed E-state index contributed by atoms with van der Waals surface area (Å²) in [6.07, 6.45) is 0. The van der Waals surface area contributed by atoms with Crippen LogP contribution in [-0.2, 0) is 4.79 Å². The van der Waals surface area contributed by atoms with Crippen molar-refractivity contribution in [1.82, 2.24) is 4.90 Å². The van der Waals surface area contributed by atoms with E-state index in [9.17, 15) is 4.79 Å². The van der Waals surface area contributed by atoms with E-state index in [2.05, 4.69) is 12.1 Å². The minimum atomic E-state index is -0.979. The average Bonchev–Trinajstić information content (AvgIpc) is 2.21. The van der Waals surface area contributed by atoms with Crippen LogP contribution in [0.4, 0.5) is 0 Å². The van der Waals surface area contributed by atoms with Crippen LogP contribution in [0.3, 0.4) is 0 Å². The SMILES string of the molecule is Cc1cc(C)c(C(C(N)C(=O)O)N(C)C)c(C)c1. The van der Waals surface area contributed by atoms with E-state index in [1.54, 1.807) is 0 Å². The van der Waals surface area contributed by atoms with Gasteiger partial charge in [-0.05, 0) is 51.6 Å². The highest BCUT2D eigenvalue weighted by molar-refractivity contribution is 5.74. The lowest BCUT2D eigenvalue weighted by Gasteiger charge is -2.30. The van der Waals surface area contributed by atoms with Crippen LogP contribution < -0.4 is 5.73 Å². The summed E-state index contributed by atoms with van der Waals surface area (Å²) in [6.45, 7) is 6.03. The molecule has 0 fully saturated rings. The molecule has 4 nitrogen and oxygen atoms in total. The summed E-state index contributed by atoms with van der Waals surface area (Å²) in [4.78, 5) is 13.0. The van der Waals surface area contributed by atoms with E-state index in [1.807, 2.05) is 39.8 Å². The first kappa shape index (κ1) is 14.7. The highest BCUT2D eigenvalue weighted by Gasteiger charge is 2.29. The Labute approximate surface area is 108 Å². The molecular formula is C14H22N2O2. The number of aryl methyl sites for hydroxylation is 3. The first-order chi connectivity index (χ1) is 8.25. The predicted molar refractivity (Wildman–Crippen MR) is 72.7 cm³/mol. The lowest BCUT2D eigenvalue weighted by atomic mass is 9.89. The van der Waals surface area contributed by atoms with Gasteiger partial charge in [-0.15, -0.1) is 0 Å². The average molecular weight is 250 g/mol. The molecule has 100 valence electrons. The van der Waals surface area contributed by atoms with Gasteiger partial charge < -0.3 is 15.7 Å². The number of hydrogen-bond donors (Lipinski definition) is 2. The Morgan fingerprint density at radius 1 is 1.22 bits per heavy atom. The minimum absolute atomic E-state index is 0.317. The van der Waals surface area contributed by atoms with Crippen LogP contribution in [0.1, 0.15) is 28.3 Å². The van der Waals surface area contributed by atoms with Crippen LogP contribution >= 0.6 is 0 Å². The number of carboxylic acid groups (broad SMARTS) is 1. The molecule has 0 radical (unpaired) electrons. The summed E-state index contributed by atoms with van der Waals surface area (Å²) in [5, 5.41) is 9.15. The third-order valence-corrected chi connectivity index (χ3v) is 3.22. The second-order valence-electron chi connectivity index (χ2n) is 5.08. The van der Waals surface area contributed by atoms with Crippen molar-refractivity contribution >= 4 is 5.97 Å².